The fourth-order valence-electron chi connectivity index (χ4n) is 4.62. The quantitative estimate of drug-likeness (QED) is 0.794. The lowest BCUT2D eigenvalue weighted by atomic mass is 9.90. The van der Waals surface area contributed by atoms with Gasteiger partial charge in [-0.15, -0.1) is 0 Å². The molecule has 5 heteroatoms. The van der Waals surface area contributed by atoms with Gasteiger partial charge in [0.2, 0.25) is 0 Å². The summed E-state index contributed by atoms with van der Waals surface area (Å²) in [6.07, 6.45) is 12.1. The Morgan fingerprint density at radius 1 is 1.12 bits per heavy atom. The summed E-state index contributed by atoms with van der Waals surface area (Å²) < 4.78 is 0. The molecule has 2 heterocycles. The molecule has 2 fully saturated rings. The SMILES string of the molecule is CCN(CC)C(=O)c1cnc([C@@H]2CCCCN2C2CCCCC2)nc1C. The Morgan fingerprint density at radius 2 is 1.81 bits per heavy atom. The van der Waals surface area contributed by atoms with Crippen molar-refractivity contribution in [1.29, 1.82) is 0 Å². The Bertz CT molecular complexity index is 608. The molecule has 144 valence electrons. The fraction of sp³-hybridized carbons (Fsp3) is 0.762. The van der Waals surface area contributed by atoms with Gasteiger partial charge in [0, 0.05) is 25.3 Å². The van der Waals surface area contributed by atoms with Crippen LogP contribution in [0.5, 0.6) is 0 Å². The smallest absolute Gasteiger partial charge is 0.257 e. The van der Waals surface area contributed by atoms with Crippen LogP contribution in [0.2, 0.25) is 0 Å². The largest absolute Gasteiger partial charge is 0.339 e. The summed E-state index contributed by atoms with van der Waals surface area (Å²) >= 11 is 0. The molecule has 1 aromatic rings. The molecule has 1 amide bonds. The maximum atomic E-state index is 12.7. The van der Waals surface area contributed by atoms with Crippen molar-refractivity contribution in [1.82, 2.24) is 19.8 Å². The monoisotopic (exact) mass is 358 g/mol. The van der Waals surface area contributed by atoms with Gasteiger partial charge in [-0.1, -0.05) is 25.7 Å². The molecule has 1 aromatic heterocycles. The van der Waals surface area contributed by atoms with Gasteiger partial charge in [0.25, 0.3) is 5.91 Å². The van der Waals surface area contributed by atoms with Crippen molar-refractivity contribution < 1.29 is 4.79 Å². The lowest BCUT2D eigenvalue weighted by Crippen LogP contribution is -2.43. The van der Waals surface area contributed by atoms with Crippen molar-refractivity contribution in [2.24, 2.45) is 0 Å². The van der Waals surface area contributed by atoms with Crippen molar-refractivity contribution in [3.8, 4) is 0 Å². The zero-order valence-corrected chi connectivity index (χ0v) is 16.7. The molecule has 0 N–H and O–H groups in total. The number of aromatic nitrogens is 2. The van der Waals surface area contributed by atoms with Crippen LogP contribution in [-0.4, -0.2) is 51.4 Å². The molecule has 1 aliphatic heterocycles. The summed E-state index contributed by atoms with van der Waals surface area (Å²) in [6.45, 7) is 8.57. The fourth-order valence-corrected chi connectivity index (χ4v) is 4.62. The first-order valence-corrected chi connectivity index (χ1v) is 10.5. The topological polar surface area (TPSA) is 49.3 Å². The number of amides is 1. The van der Waals surface area contributed by atoms with Gasteiger partial charge >= 0.3 is 0 Å². The maximum Gasteiger partial charge on any atom is 0.257 e. The van der Waals surface area contributed by atoms with Gasteiger partial charge in [-0.2, -0.15) is 0 Å². The molecule has 5 nitrogen and oxygen atoms in total. The van der Waals surface area contributed by atoms with E-state index < -0.39 is 0 Å². The number of rotatable bonds is 5. The molecule has 2 aliphatic rings. The number of hydrogen-bond acceptors (Lipinski definition) is 4. The zero-order chi connectivity index (χ0) is 18.5. The van der Waals surface area contributed by atoms with Crippen LogP contribution in [0.4, 0.5) is 0 Å². The minimum atomic E-state index is 0.0480. The second-order valence-corrected chi connectivity index (χ2v) is 7.75. The van der Waals surface area contributed by atoms with E-state index in [9.17, 15) is 4.79 Å². The number of carbonyl (C=O) groups is 1. The summed E-state index contributed by atoms with van der Waals surface area (Å²) in [5.41, 5.74) is 1.47. The summed E-state index contributed by atoms with van der Waals surface area (Å²) in [4.78, 5) is 26.7. The van der Waals surface area contributed by atoms with Crippen molar-refractivity contribution in [2.75, 3.05) is 19.6 Å². The van der Waals surface area contributed by atoms with Crippen molar-refractivity contribution in [3.05, 3.63) is 23.3 Å². The normalized spacial score (nSPS) is 22.3. The van der Waals surface area contributed by atoms with Gasteiger partial charge in [0.1, 0.15) is 5.82 Å². The lowest BCUT2D eigenvalue weighted by molar-refractivity contribution is 0.0672. The third kappa shape index (κ3) is 4.08. The molecule has 0 spiro atoms. The van der Waals surface area contributed by atoms with E-state index in [0.29, 0.717) is 30.7 Å². The molecule has 1 aliphatic carbocycles. The molecule has 1 saturated heterocycles. The highest BCUT2D eigenvalue weighted by atomic mass is 16.2. The molecule has 0 aromatic carbocycles. The summed E-state index contributed by atoms with van der Waals surface area (Å²) in [5.74, 6) is 0.968. The van der Waals surface area contributed by atoms with E-state index in [1.165, 1.54) is 44.9 Å². The van der Waals surface area contributed by atoms with E-state index >= 15 is 0 Å². The first kappa shape index (κ1) is 19.3. The van der Waals surface area contributed by atoms with Crippen LogP contribution in [0.25, 0.3) is 0 Å². The first-order chi connectivity index (χ1) is 12.7. The number of hydrogen-bond donors (Lipinski definition) is 0. The van der Waals surface area contributed by atoms with Crippen LogP contribution in [0, 0.1) is 6.92 Å². The minimum absolute atomic E-state index is 0.0480. The van der Waals surface area contributed by atoms with Crippen LogP contribution in [-0.2, 0) is 0 Å². The van der Waals surface area contributed by atoms with E-state index in [1.54, 1.807) is 6.20 Å². The van der Waals surface area contributed by atoms with E-state index in [4.69, 9.17) is 4.98 Å². The predicted octanol–water partition coefficient (Wildman–Crippen LogP) is 4.13. The highest BCUT2D eigenvalue weighted by molar-refractivity contribution is 5.94. The average molecular weight is 359 g/mol. The molecule has 26 heavy (non-hydrogen) atoms. The number of piperidine rings is 1. The van der Waals surface area contributed by atoms with Gasteiger partial charge in [0.05, 0.1) is 17.3 Å². The highest BCUT2D eigenvalue weighted by Crippen LogP contribution is 2.35. The van der Waals surface area contributed by atoms with Gasteiger partial charge in [-0.05, 0) is 53.0 Å². The third-order valence-corrected chi connectivity index (χ3v) is 6.16. The maximum absolute atomic E-state index is 12.7. The molecule has 1 atom stereocenters. The molecular formula is C21H34N4O. The predicted molar refractivity (Wildman–Crippen MR) is 104 cm³/mol. The van der Waals surface area contributed by atoms with Crippen molar-refractivity contribution >= 4 is 5.91 Å². The number of carbonyl (C=O) groups excluding carboxylic acids is 1. The zero-order valence-electron chi connectivity index (χ0n) is 16.7. The molecule has 0 radical (unpaired) electrons. The van der Waals surface area contributed by atoms with Crippen LogP contribution in [0.1, 0.15) is 93.1 Å². The second-order valence-electron chi connectivity index (χ2n) is 7.75. The van der Waals surface area contributed by atoms with Crippen molar-refractivity contribution in [2.45, 2.75) is 84.2 Å². The standard InChI is InChI=1S/C21H34N4O/c1-4-24(5-2)21(26)18-15-22-20(23-16(18)3)19-13-9-10-14-25(19)17-11-7-6-8-12-17/h15,17,19H,4-14H2,1-3H3/t19-/m0/s1. The first-order valence-electron chi connectivity index (χ1n) is 10.5. The summed E-state index contributed by atoms with van der Waals surface area (Å²) in [6, 6.07) is 1.01. The van der Waals surface area contributed by atoms with Crippen molar-refractivity contribution in [3.63, 3.8) is 0 Å². The number of likely N-dealkylation sites (tertiary alicyclic amines) is 1. The summed E-state index contributed by atoms with van der Waals surface area (Å²) in [5, 5.41) is 0. The Morgan fingerprint density at radius 3 is 2.46 bits per heavy atom. The van der Waals surface area contributed by atoms with Crippen LogP contribution >= 0.6 is 0 Å². The number of nitrogens with zero attached hydrogens (tertiary/aromatic N) is 4. The third-order valence-electron chi connectivity index (χ3n) is 6.16. The highest BCUT2D eigenvalue weighted by Gasteiger charge is 2.32. The Kier molecular flexibility index (Phi) is 6.63. The Hall–Kier alpha value is -1.49. The molecular weight excluding hydrogens is 324 g/mol. The van der Waals surface area contributed by atoms with Gasteiger partial charge < -0.3 is 4.90 Å². The minimum Gasteiger partial charge on any atom is -0.339 e. The van der Waals surface area contributed by atoms with Gasteiger partial charge in [-0.25, -0.2) is 9.97 Å². The van der Waals surface area contributed by atoms with E-state index in [-0.39, 0.29) is 5.91 Å². The molecule has 3 rings (SSSR count). The number of aryl methyl sites for hydroxylation is 1. The van der Waals surface area contributed by atoms with E-state index in [0.717, 1.165) is 24.5 Å². The molecule has 0 bridgehead atoms. The van der Waals surface area contributed by atoms with E-state index in [1.807, 2.05) is 25.7 Å². The van der Waals surface area contributed by atoms with Crippen LogP contribution in [0.3, 0.4) is 0 Å². The average Bonchev–Trinajstić information content (AvgIpc) is 2.69. The van der Waals surface area contributed by atoms with Gasteiger partial charge in [0.15, 0.2) is 0 Å². The second kappa shape index (κ2) is 8.94. The molecule has 1 saturated carbocycles. The Labute approximate surface area is 158 Å². The Balaban J connectivity index is 1.81. The van der Waals surface area contributed by atoms with Crippen LogP contribution in [0.15, 0.2) is 6.20 Å². The van der Waals surface area contributed by atoms with E-state index in [2.05, 4.69) is 9.88 Å². The summed E-state index contributed by atoms with van der Waals surface area (Å²) in [7, 11) is 0. The lowest BCUT2D eigenvalue weighted by Gasteiger charge is -2.42. The van der Waals surface area contributed by atoms with Gasteiger partial charge in [-0.3, -0.25) is 9.69 Å². The molecule has 0 unspecified atom stereocenters. The van der Waals surface area contributed by atoms with Crippen LogP contribution < -0.4 is 0 Å².